The highest BCUT2D eigenvalue weighted by Gasteiger charge is 2.91. The minimum Gasteiger partial charge on any atom is -0.461 e. The fourth-order valence-corrected chi connectivity index (χ4v) is 13.2. The van der Waals surface area contributed by atoms with E-state index in [-0.39, 0.29) is 84.5 Å². The molecule has 12 heteroatoms. The second kappa shape index (κ2) is 11.3. The highest BCUT2D eigenvalue weighted by Crippen LogP contribution is 2.80. The number of imide groups is 1. The molecule has 14 atom stereocenters. The third kappa shape index (κ3) is 3.86. The molecule has 12 nitrogen and oxygen atoms in total. The molecular weight excluding hydrogens is 632 g/mol. The van der Waals surface area contributed by atoms with E-state index in [9.17, 15) is 24.6 Å². The molecule has 2 N–H and O–H groups in total. The van der Waals surface area contributed by atoms with Gasteiger partial charge >= 0.3 is 5.97 Å². The van der Waals surface area contributed by atoms with Crippen LogP contribution in [0.1, 0.15) is 56.3 Å². The molecule has 5 saturated carbocycles. The quantitative estimate of drug-likeness (QED) is 0.292. The number of carbonyl (C=O) groups is 3. The fourth-order valence-electron chi connectivity index (χ4n) is 13.2. The van der Waals surface area contributed by atoms with Gasteiger partial charge in [0.25, 0.3) is 0 Å². The highest BCUT2D eigenvalue weighted by molar-refractivity contribution is 6.22. The van der Waals surface area contributed by atoms with Crippen molar-refractivity contribution in [2.45, 2.75) is 87.6 Å². The summed E-state index contributed by atoms with van der Waals surface area (Å²) in [4.78, 5) is 43.3. The molecule has 8 rings (SSSR count). The molecule has 0 radical (unpaired) electrons. The molecule has 1 aromatic carbocycles. The lowest BCUT2D eigenvalue weighted by Crippen LogP contribution is -2.82. The Morgan fingerprint density at radius 3 is 2.43 bits per heavy atom. The molecule has 5 unspecified atom stereocenters. The third-order valence-corrected chi connectivity index (χ3v) is 14.5. The van der Waals surface area contributed by atoms with Crippen molar-refractivity contribution in [3.05, 3.63) is 29.8 Å². The highest BCUT2D eigenvalue weighted by atomic mass is 16.5. The summed E-state index contributed by atoms with van der Waals surface area (Å²) in [5.41, 5.74) is -4.17. The number of para-hydroxylation sites is 1. The Balaban J connectivity index is 1.23. The Bertz CT molecular complexity index is 1560. The van der Waals surface area contributed by atoms with Crippen LogP contribution in [-0.4, -0.2) is 123 Å². The number of piperidine rings is 1. The number of carbonyl (C=O) groups excluding carboxylic acids is 3. The molecule has 2 aliphatic heterocycles. The number of hydrogen-bond acceptors (Lipinski definition) is 11. The summed E-state index contributed by atoms with van der Waals surface area (Å²) in [7, 11) is 6.70. The second-order valence-corrected chi connectivity index (χ2v) is 16.0. The molecular formula is C37H50N2O10. The van der Waals surface area contributed by atoms with Crippen molar-refractivity contribution in [1.82, 2.24) is 4.90 Å². The average Bonchev–Trinajstić information content (AvgIpc) is 3.63. The van der Waals surface area contributed by atoms with E-state index in [1.54, 1.807) is 59.6 Å². The van der Waals surface area contributed by atoms with Gasteiger partial charge in [-0.25, -0.2) is 9.69 Å². The van der Waals surface area contributed by atoms with E-state index in [2.05, 4.69) is 11.8 Å². The first kappa shape index (κ1) is 33.7. The smallest absolute Gasteiger partial charge is 0.340 e. The number of likely N-dealkylation sites (tertiary alicyclic amines) is 1. The van der Waals surface area contributed by atoms with Crippen LogP contribution in [0.25, 0.3) is 0 Å². The summed E-state index contributed by atoms with van der Waals surface area (Å²) in [6.07, 6.45) is 0.813. The van der Waals surface area contributed by atoms with Crippen molar-refractivity contribution in [1.29, 1.82) is 0 Å². The monoisotopic (exact) mass is 682 g/mol. The fraction of sp³-hybridized carbons (Fsp3) is 0.757. The Hall–Kier alpha value is -2.45. The number of likely N-dealkylation sites (N-methyl/N-ethyl adjacent to an activating group) is 1. The first-order valence-corrected chi connectivity index (χ1v) is 17.9. The van der Waals surface area contributed by atoms with E-state index in [1.807, 2.05) is 0 Å². The van der Waals surface area contributed by atoms with Crippen LogP contribution in [-0.2, 0) is 33.3 Å². The number of aliphatic hydroxyl groups is 2. The van der Waals surface area contributed by atoms with Crippen molar-refractivity contribution in [3.8, 4) is 0 Å². The summed E-state index contributed by atoms with van der Waals surface area (Å²) in [5, 5.41) is 26.6. The van der Waals surface area contributed by atoms with Crippen LogP contribution in [0.15, 0.2) is 24.3 Å². The Morgan fingerprint density at radius 1 is 1.04 bits per heavy atom. The number of methoxy groups -OCH3 is 4. The minimum atomic E-state index is -1.70. The molecule has 1 aromatic rings. The van der Waals surface area contributed by atoms with E-state index in [0.717, 1.165) is 11.3 Å². The SMILES string of the molecule is CCN1C[C@]2(COC(=O)c3ccccc3N3C(=O)C[C@H](C)C3=O)CCC(OC)C34C1C(O)([C@@H](OC)[C@@H]32)[C@@]1(O)C[C@H](OC)C2C[C@@H]4[C@@H]1[C@H]2OC. The zero-order valence-corrected chi connectivity index (χ0v) is 29.3. The maximum Gasteiger partial charge on any atom is 0.340 e. The predicted octanol–water partition coefficient (Wildman–Crippen LogP) is 2.04. The molecule has 2 amide bonds. The van der Waals surface area contributed by atoms with Gasteiger partial charge in [0.2, 0.25) is 11.8 Å². The number of hydrogen-bond donors (Lipinski definition) is 2. The van der Waals surface area contributed by atoms with Gasteiger partial charge in [0.1, 0.15) is 11.2 Å². The number of ether oxygens (including phenoxy) is 5. The number of rotatable bonds is 9. The zero-order valence-electron chi connectivity index (χ0n) is 29.3. The molecule has 7 bridgehead atoms. The van der Waals surface area contributed by atoms with Crippen LogP contribution >= 0.6 is 0 Å². The molecule has 5 aliphatic carbocycles. The molecule has 7 aliphatic rings. The lowest BCUT2D eigenvalue weighted by atomic mass is 9.42. The maximum absolute atomic E-state index is 14.1. The van der Waals surface area contributed by atoms with Crippen LogP contribution in [0, 0.1) is 40.4 Å². The van der Waals surface area contributed by atoms with E-state index in [0.29, 0.717) is 25.9 Å². The Kier molecular flexibility index (Phi) is 7.75. The van der Waals surface area contributed by atoms with Gasteiger partial charge < -0.3 is 33.9 Å². The topological polar surface area (TPSA) is 144 Å². The number of esters is 1. The number of anilines is 1. The van der Waals surface area contributed by atoms with Crippen molar-refractivity contribution in [2.24, 2.45) is 40.4 Å². The number of amides is 2. The predicted molar refractivity (Wildman–Crippen MR) is 174 cm³/mol. The van der Waals surface area contributed by atoms with Crippen molar-refractivity contribution in [2.75, 3.05) is 53.0 Å². The normalized spacial score (nSPS) is 48.0. The lowest BCUT2D eigenvalue weighted by molar-refractivity contribution is -0.320. The number of benzene rings is 1. The standard InChI is InChI=1S/C37H50N2O10/c1-7-38-17-34(18-49-32(42)20-10-8-9-11-23(20)39-26(40)14-19(2)31(39)41)13-12-25(46-4)36-22-15-21-24(45-3)16-35(43,27(22)28(21)47-5)37(44,33(36)38)30(48-6)29(34)36/h8-11,19,21-22,24-25,27-30,33,43-44H,7,12-18H2,1-6H3/t19-,21?,22+,24-,25?,27+,28-,29+,30-,33?,34-,35+,36?,37?/m0/s1. The summed E-state index contributed by atoms with van der Waals surface area (Å²) in [6, 6.07) is 6.12. The van der Waals surface area contributed by atoms with Gasteiger partial charge in [-0.05, 0) is 43.9 Å². The van der Waals surface area contributed by atoms with Crippen molar-refractivity contribution >= 4 is 23.5 Å². The van der Waals surface area contributed by atoms with E-state index >= 15 is 0 Å². The van der Waals surface area contributed by atoms with Crippen molar-refractivity contribution < 1.29 is 48.3 Å². The van der Waals surface area contributed by atoms with Crippen LogP contribution in [0.2, 0.25) is 0 Å². The van der Waals surface area contributed by atoms with Crippen LogP contribution < -0.4 is 4.90 Å². The van der Waals surface area contributed by atoms with Gasteiger partial charge in [-0.1, -0.05) is 26.0 Å². The van der Waals surface area contributed by atoms with Crippen LogP contribution in [0.4, 0.5) is 5.69 Å². The summed E-state index contributed by atoms with van der Waals surface area (Å²) >= 11 is 0. The number of fused-ring (bicyclic) bond motifs is 2. The van der Waals surface area contributed by atoms with Gasteiger partial charge in [-0.15, -0.1) is 0 Å². The Labute approximate surface area is 287 Å². The van der Waals surface area contributed by atoms with E-state index in [1.165, 1.54) is 0 Å². The summed E-state index contributed by atoms with van der Waals surface area (Å²) < 4.78 is 31.4. The molecule has 0 aromatic heterocycles. The van der Waals surface area contributed by atoms with Crippen LogP contribution in [0.5, 0.6) is 0 Å². The van der Waals surface area contributed by atoms with Gasteiger partial charge in [0, 0.05) is 82.3 Å². The summed E-state index contributed by atoms with van der Waals surface area (Å²) in [5.74, 6) is -2.47. The molecule has 2 heterocycles. The molecule has 2 saturated heterocycles. The minimum absolute atomic E-state index is 0.0358. The third-order valence-electron chi connectivity index (χ3n) is 14.5. The summed E-state index contributed by atoms with van der Waals surface area (Å²) in [6.45, 7) is 4.95. The average molecular weight is 683 g/mol. The van der Waals surface area contributed by atoms with Gasteiger partial charge in [0.15, 0.2) is 0 Å². The van der Waals surface area contributed by atoms with Crippen molar-refractivity contribution in [3.63, 3.8) is 0 Å². The van der Waals surface area contributed by atoms with E-state index < -0.39 is 46.1 Å². The molecule has 1 spiro atoms. The lowest BCUT2D eigenvalue weighted by Gasteiger charge is -2.70. The van der Waals surface area contributed by atoms with Gasteiger partial charge in [0.05, 0.1) is 48.3 Å². The van der Waals surface area contributed by atoms with Gasteiger partial charge in [-0.3, -0.25) is 14.5 Å². The molecule has 49 heavy (non-hydrogen) atoms. The largest absolute Gasteiger partial charge is 0.461 e. The molecule has 7 fully saturated rings. The van der Waals surface area contributed by atoms with Gasteiger partial charge in [-0.2, -0.15) is 0 Å². The van der Waals surface area contributed by atoms with Crippen LogP contribution in [0.3, 0.4) is 0 Å². The van der Waals surface area contributed by atoms with E-state index in [4.69, 9.17) is 23.7 Å². The Morgan fingerprint density at radius 2 is 1.80 bits per heavy atom. The second-order valence-electron chi connectivity index (χ2n) is 16.0. The maximum atomic E-state index is 14.1. The zero-order chi connectivity index (χ0) is 34.8. The number of nitrogens with zero attached hydrogens (tertiary/aromatic N) is 2. The first-order chi connectivity index (χ1) is 23.4. The first-order valence-electron chi connectivity index (χ1n) is 17.9. The molecule has 268 valence electrons.